The molecule has 0 spiro atoms. The van der Waals surface area contributed by atoms with Crippen LogP contribution in [0.3, 0.4) is 0 Å². The van der Waals surface area contributed by atoms with Crippen molar-refractivity contribution in [2.75, 3.05) is 13.1 Å². The van der Waals surface area contributed by atoms with E-state index in [0.29, 0.717) is 13.0 Å². The molecule has 3 N–H and O–H groups in total. The van der Waals surface area contributed by atoms with Gasteiger partial charge in [-0.25, -0.2) is 4.39 Å². The van der Waals surface area contributed by atoms with E-state index in [4.69, 9.17) is 10.5 Å². The molecule has 1 unspecified atom stereocenters. The summed E-state index contributed by atoms with van der Waals surface area (Å²) in [6, 6.07) is 4.58. The molecule has 2 rings (SSSR count). The van der Waals surface area contributed by atoms with Gasteiger partial charge in [0.15, 0.2) is 0 Å². The zero-order valence-electron chi connectivity index (χ0n) is 10.1. The summed E-state index contributed by atoms with van der Waals surface area (Å²) in [5.41, 5.74) is 5.96. The van der Waals surface area contributed by atoms with Crippen molar-refractivity contribution in [1.29, 1.82) is 0 Å². The van der Waals surface area contributed by atoms with E-state index in [9.17, 15) is 9.18 Å². The molecule has 0 saturated carbocycles. The summed E-state index contributed by atoms with van der Waals surface area (Å²) < 4.78 is 18.7. The zero-order valence-corrected chi connectivity index (χ0v) is 10.1. The van der Waals surface area contributed by atoms with Gasteiger partial charge in [0.05, 0.1) is 0 Å². The molecule has 0 aliphatic carbocycles. The summed E-state index contributed by atoms with van der Waals surface area (Å²) in [5.74, 6) is 0.254. The van der Waals surface area contributed by atoms with Crippen LogP contribution in [0.2, 0.25) is 0 Å². The molecule has 0 fully saturated rings. The zero-order chi connectivity index (χ0) is 13.0. The Balaban J connectivity index is 1.70. The molecule has 18 heavy (non-hydrogen) atoms. The first kappa shape index (κ1) is 12.8. The normalized spacial score (nSPS) is 17.3. The number of primary amides is 1. The van der Waals surface area contributed by atoms with Crippen LogP contribution in [0.4, 0.5) is 4.39 Å². The number of nitrogens with two attached hydrogens (primary N) is 1. The monoisotopic (exact) mass is 252 g/mol. The number of hydrogen-bond donors (Lipinski definition) is 2. The van der Waals surface area contributed by atoms with E-state index in [1.54, 1.807) is 6.07 Å². The highest BCUT2D eigenvalue weighted by Crippen LogP contribution is 2.28. The Hall–Kier alpha value is -1.62. The van der Waals surface area contributed by atoms with Gasteiger partial charge in [-0.05, 0) is 31.2 Å². The first-order valence-corrected chi connectivity index (χ1v) is 6.09. The number of carbonyl (C=O) groups is 1. The molecule has 4 nitrogen and oxygen atoms in total. The van der Waals surface area contributed by atoms with Gasteiger partial charge in [-0.1, -0.05) is 0 Å². The second-order valence-corrected chi connectivity index (χ2v) is 4.47. The van der Waals surface area contributed by atoms with E-state index in [0.717, 1.165) is 30.7 Å². The van der Waals surface area contributed by atoms with Crippen LogP contribution in [0.15, 0.2) is 18.2 Å². The van der Waals surface area contributed by atoms with Gasteiger partial charge < -0.3 is 15.8 Å². The third-order valence-corrected chi connectivity index (χ3v) is 2.91. The molecule has 1 aliphatic heterocycles. The quantitative estimate of drug-likeness (QED) is 0.742. The van der Waals surface area contributed by atoms with E-state index in [2.05, 4.69) is 5.32 Å². The minimum Gasteiger partial charge on any atom is -0.488 e. The second-order valence-electron chi connectivity index (χ2n) is 4.47. The Morgan fingerprint density at radius 1 is 1.56 bits per heavy atom. The largest absolute Gasteiger partial charge is 0.488 e. The average molecular weight is 252 g/mol. The molecule has 0 aromatic heterocycles. The van der Waals surface area contributed by atoms with Crippen molar-refractivity contribution in [3.8, 4) is 5.75 Å². The summed E-state index contributed by atoms with van der Waals surface area (Å²) >= 11 is 0. The molecular weight excluding hydrogens is 235 g/mol. The molecule has 1 heterocycles. The lowest BCUT2D eigenvalue weighted by atomic mass is 10.1. The van der Waals surface area contributed by atoms with Crippen molar-refractivity contribution >= 4 is 5.91 Å². The molecule has 1 amide bonds. The molecular formula is C13H17FN2O2. The van der Waals surface area contributed by atoms with E-state index >= 15 is 0 Å². The fourth-order valence-corrected chi connectivity index (χ4v) is 2.05. The number of hydrogen-bond acceptors (Lipinski definition) is 3. The van der Waals surface area contributed by atoms with Crippen LogP contribution < -0.4 is 15.8 Å². The summed E-state index contributed by atoms with van der Waals surface area (Å²) in [5, 5.41) is 3.21. The van der Waals surface area contributed by atoms with Gasteiger partial charge >= 0.3 is 0 Å². The van der Waals surface area contributed by atoms with Crippen LogP contribution in [-0.4, -0.2) is 25.1 Å². The van der Waals surface area contributed by atoms with E-state index in [1.165, 1.54) is 12.1 Å². The summed E-state index contributed by atoms with van der Waals surface area (Å²) in [6.45, 7) is 1.42. The molecule has 5 heteroatoms. The Bertz CT molecular complexity index is 437. The lowest BCUT2D eigenvalue weighted by Gasteiger charge is -2.11. The van der Waals surface area contributed by atoms with Crippen LogP contribution in [0.1, 0.15) is 18.4 Å². The maximum absolute atomic E-state index is 13.0. The molecule has 1 aliphatic rings. The number of carbonyl (C=O) groups excluding carboxylic acids is 1. The first-order valence-electron chi connectivity index (χ1n) is 6.09. The van der Waals surface area contributed by atoms with E-state index in [-0.39, 0.29) is 17.8 Å². The van der Waals surface area contributed by atoms with Crippen molar-refractivity contribution in [3.63, 3.8) is 0 Å². The number of rotatable bonds is 6. The molecule has 0 bridgehead atoms. The van der Waals surface area contributed by atoms with Crippen LogP contribution in [0, 0.1) is 5.82 Å². The van der Waals surface area contributed by atoms with E-state index < -0.39 is 0 Å². The fourth-order valence-electron chi connectivity index (χ4n) is 2.05. The molecule has 98 valence electrons. The van der Waals surface area contributed by atoms with Crippen molar-refractivity contribution in [1.82, 2.24) is 5.32 Å². The highest BCUT2D eigenvalue weighted by molar-refractivity contribution is 5.73. The van der Waals surface area contributed by atoms with Gasteiger partial charge in [-0.3, -0.25) is 4.79 Å². The smallest absolute Gasteiger partial charge is 0.217 e. The van der Waals surface area contributed by atoms with E-state index in [1.807, 2.05) is 0 Å². The van der Waals surface area contributed by atoms with Gasteiger partial charge in [0.25, 0.3) is 0 Å². The van der Waals surface area contributed by atoms with Gasteiger partial charge in [0.1, 0.15) is 17.7 Å². The summed E-state index contributed by atoms with van der Waals surface area (Å²) in [4.78, 5) is 10.5. The summed E-state index contributed by atoms with van der Waals surface area (Å²) in [6.07, 6.45) is 1.87. The minimum atomic E-state index is -0.281. The Kier molecular flexibility index (Phi) is 4.15. The average Bonchev–Trinajstić information content (AvgIpc) is 2.70. The maximum atomic E-state index is 13.0. The number of fused-ring (bicyclic) bond motifs is 1. The Morgan fingerprint density at radius 2 is 2.39 bits per heavy atom. The van der Waals surface area contributed by atoms with Crippen molar-refractivity contribution < 1.29 is 13.9 Å². The third kappa shape index (κ3) is 3.43. The van der Waals surface area contributed by atoms with Crippen LogP contribution in [0.5, 0.6) is 5.75 Å². The Labute approximate surface area is 105 Å². The number of ether oxygens (including phenoxy) is 1. The molecule has 0 radical (unpaired) electrons. The van der Waals surface area contributed by atoms with Gasteiger partial charge in [0.2, 0.25) is 5.91 Å². The van der Waals surface area contributed by atoms with Gasteiger partial charge in [0, 0.05) is 24.9 Å². The predicted molar refractivity (Wildman–Crippen MR) is 65.8 cm³/mol. The van der Waals surface area contributed by atoms with Crippen molar-refractivity contribution in [2.45, 2.75) is 25.4 Å². The number of benzene rings is 1. The molecule has 1 aromatic carbocycles. The fraction of sp³-hybridized carbons (Fsp3) is 0.462. The topological polar surface area (TPSA) is 64.4 Å². The highest BCUT2D eigenvalue weighted by atomic mass is 19.1. The molecule has 1 atom stereocenters. The van der Waals surface area contributed by atoms with Gasteiger partial charge in [-0.2, -0.15) is 0 Å². The first-order chi connectivity index (χ1) is 8.65. The van der Waals surface area contributed by atoms with Gasteiger partial charge in [-0.15, -0.1) is 0 Å². The lowest BCUT2D eigenvalue weighted by molar-refractivity contribution is -0.118. The van der Waals surface area contributed by atoms with Crippen LogP contribution in [-0.2, 0) is 11.2 Å². The molecule has 0 saturated heterocycles. The number of halogens is 1. The lowest BCUT2D eigenvalue weighted by Crippen LogP contribution is -2.31. The number of nitrogens with one attached hydrogen (secondary N) is 1. The highest BCUT2D eigenvalue weighted by Gasteiger charge is 2.22. The summed E-state index contributed by atoms with van der Waals surface area (Å²) in [7, 11) is 0. The predicted octanol–water partition coefficient (Wildman–Crippen LogP) is 0.984. The van der Waals surface area contributed by atoms with Crippen LogP contribution in [0.25, 0.3) is 0 Å². The molecule has 1 aromatic rings. The van der Waals surface area contributed by atoms with Crippen LogP contribution >= 0.6 is 0 Å². The Morgan fingerprint density at radius 3 is 3.17 bits per heavy atom. The van der Waals surface area contributed by atoms with Crippen molar-refractivity contribution in [3.05, 3.63) is 29.6 Å². The third-order valence-electron chi connectivity index (χ3n) is 2.91. The van der Waals surface area contributed by atoms with Crippen molar-refractivity contribution in [2.24, 2.45) is 5.73 Å². The maximum Gasteiger partial charge on any atom is 0.217 e. The standard InChI is InChI=1S/C13H17FN2O2/c14-10-3-4-12-9(6-10)7-11(18-12)8-16-5-1-2-13(15)17/h3-4,6,11,16H,1-2,5,7-8H2,(H2,15,17). The SMILES string of the molecule is NC(=O)CCCNCC1Cc2cc(F)ccc2O1. The second kappa shape index (κ2) is 5.82. The number of amides is 1. The minimum absolute atomic E-state index is 0.0374.